The number of imidazole rings is 1. The van der Waals surface area contributed by atoms with Crippen LogP contribution in [0.4, 0.5) is 0 Å². The number of para-hydroxylation sites is 2. The Morgan fingerprint density at radius 3 is 2.07 bits per heavy atom. The van der Waals surface area contributed by atoms with Gasteiger partial charge in [0.1, 0.15) is 5.82 Å². The summed E-state index contributed by atoms with van der Waals surface area (Å²) in [5, 5.41) is 14.8. The van der Waals surface area contributed by atoms with Gasteiger partial charge >= 0.3 is 11.9 Å². The van der Waals surface area contributed by atoms with Crippen LogP contribution in [0.2, 0.25) is 0 Å². The minimum atomic E-state index is -1.82. The van der Waals surface area contributed by atoms with Crippen molar-refractivity contribution >= 4 is 35.1 Å². The molecule has 0 fully saturated rings. The lowest BCUT2D eigenvalue weighted by atomic mass is 10.2. The van der Waals surface area contributed by atoms with E-state index < -0.39 is 11.9 Å². The lowest BCUT2D eigenvalue weighted by molar-refractivity contribution is -0.159. The Morgan fingerprint density at radius 2 is 1.41 bits per heavy atom. The highest BCUT2D eigenvalue weighted by Gasteiger charge is 2.11. The number of carboxylic acid groups (broad SMARTS) is 2. The summed E-state index contributed by atoms with van der Waals surface area (Å²) in [6, 6.07) is 20.0. The average molecular weight is 388 g/mol. The number of aliphatic carboxylic acids is 2. The second-order valence-electron chi connectivity index (χ2n) is 5.70. The number of carbonyl (C=O) groups is 2. The largest absolute Gasteiger partial charge is 0.473 e. The fourth-order valence-electron chi connectivity index (χ4n) is 2.51. The molecule has 2 aromatic carbocycles. The van der Waals surface area contributed by atoms with Crippen molar-refractivity contribution in [3.63, 3.8) is 0 Å². The Morgan fingerprint density at radius 1 is 0.793 bits per heavy atom. The first-order chi connectivity index (χ1) is 14.1. The van der Waals surface area contributed by atoms with Crippen molar-refractivity contribution in [3.05, 3.63) is 84.4 Å². The van der Waals surface area contributed by atoms with Crippen LogP contribution in [-0.4, -0.2) is 41.7 Å². The van der Waals surface area contributed by atoms with Crippen LogP contribution in [-0.2, 0) is 9.59 Å². The molecule has 0 aliphatic heterocycles. The minimum absolute atomic E-state index is 0.619. The van der Waals surface area contributed by atoms with Crippen molar-refractivity contribution < 1.29 is 19.8 Å². The van der Waals surface area contributed by atoms with Gasteiger partial charge in [0.05, 0.1) is 11.0 Å². The molecule has 8 heteroatoms. The maximum Gasteiger partial charge on any atom is 0.414 e. The highest BCUT2D eigenvalue weighted by molar-refractivity contribution is 6.27. The van der Waals surface area contributed by atoms with E-state index in [1.165, 1.54) is 0 Å². The molecular weight excluding hydrogens is 372 g/mol. The van der Waals surface area contributed by atoms with E-state index in [1.807, 2.05) is 65.3 Å². The second-order valence-corrected chi connectivity index (χ2v) is 5.70. The lowest BCUT2D eigenvalue weighted by Crippen LogP contribution is -2.09. The summed E-state index contributed by atoms with van der Waals surface area (Å²) >= 11 is 0. The Bertz CT molecular complexity index is 1140. The van der Waals surface area contributed by atoms with E-state index in [2.05, 4.69) is 22.1 Å². The van der Waals surface area contributed by atoms with Crippen LogP contribution in [0.15, 0.2) is 73.1 Å². The molecule has 0 saturated carbocycles. The maximum absolute atomic E-state index is 9.10. The van der Waals surface area contributed by atoms with Crippen molar-refractivity contribution in [2.24, 2.45) is 0 Å². The molecule has 0 aliphatic carbocycles. The van der Waals surface area contributed by atoms with Crippen LogP contribution >= 0.6 is 0 Å². The van der Waals surface area contributed by atoms with E-state index in [9.17, 15) is 0 Å². The quantitative estimate of drug-likeness (QED) is 0.518. The van der Waals surface area contributed by atoms with Crippen molar-refractivity contribution in [2.75, 3.05) is 0 Å². The van der Waals surface area contributed by atoms with Gasteiger partial charge in [0.25, 0.3) is 0 Å². The van der Waals surface area contributed by atoms with E-state index in [0.717, 1.165) is 22.4 Å². The highest BCUT2D eigenvalue weighted by atomic mass is 16.4. The van der Waals surface area contributed by atoms with Gasteiger partial charge in [-0.25, -0.2) is 24.5 Å². The summed E-state index contributed by atoms with van der Waals surface area (Å²) in [6.07, 6.45) is 7.51. The molecule has 4 aromatic rings. The van der Waals surface area contributed by atoms with Crippen LogP contribution in [0.5, 0.6) is 0 Å². The summed E-state index contributed by atoms with van der Waals surface area (Å²) in [7, 11) is 0. The molecule has 0 radical (unpaired) electrons. The molecule has 0 aliphatic rings. The van der Waals surface area contributed by atoms with Crippen LogP contribution in [0, 0.1) is 0 Å². The summed E-state index contributed by atoms with van der Waals surface area (Å²) in [6.45, 7) is 0. The number of carboxylic acids is 2. The number of rotatable bonds is 3. The van der Waals surface area contributed by atoms with Gasteiger partial charge in [-0.15, -0.1) is 0 Å². The number of benzene rings is 2. The molecule has 4 rings (SSSR count). The van der Waals surface area contributed by atoms with Gasteiger partial charge in [0.15, 0.2) is 0 Å². The zero-order valence-electron chi connectivity index (χ0n) is 15.1. The number of fused-ring (bicyclic) bond motifs is 1. The fourth-order valence-corrected chi connectivity index (χ4v) is 2.51. The van der Waals surface area contributed by atoms with Crippen LogP contribution in [0.3, 0.4) is 0 Å². The lowest BCUT2D eigenvalue weighted by Gasteiger charge is -2.04. The van der Waals surface area contributed by atoms with E-state index in [-0.39, 0.29) is 0 Å². The van der Waals surface area contributed by atoms with Gasteiger partial charge in [0, 0.05) is 12.4 Å². The molecule has 29 heavy (non-hydrogen) atoms. The van der Waals surface area contributed by atoms with Gasteiger partial charge in [-0.3, -0.25) is 4.57 Å². The van der Waals surface area contributed by atoms with Gasteiger partial charge in [-0.2, -0.15) is 0 Å². The molecular formula is C21H16N4O4. The van der Waals surface area contributed by atoms with Crippen molar-refractivity contribution in [3.8, 4) is 5.95 Å². The molecule has 2 N–H and O–H groups in total. The fraction of sp³-hybridized carbons (Fsp3) is 0. The first kappa shape index (κ1) is 19.4. The molecule has 0 atom stereocenters. The number of aromatic nitrogens is 4. The average Bonchev–Trinajstić information content (AvgIpc) is 3.12. The van der Waals surface area contributed by atoms with Crippen LogP contribution in [0.1, 0.15) is 11.4 Å². The molecule has 8 nitrogen and oxygen atoms in total. The highest BCUT2D eigenvalue weighted by Crippen LogP contribution is 2.20. The number of nitrogens with zero attached hydrogens (tertiary/aromatic N) is 4. The Labute approximate surface area is 165 Å². The minimum Gasteiger partial charge on any atom is -0.473 e. The molecule has 0 amide bonds. The number of hydrogen-bond acceptors (Lipinski definition) is 5. The Kier molecular flexibility index (Phi) is 6.06. The van der Waals surface area contributed by atoms with Crippen LogP contribution in [0.25, 0.3) is 29.1 Å². The summed E-state index contributed by atoms with van der Waals surface area (Å²) in [5.41, 5.74) is 3.04. The smallest absolute Gasteiger partial charge is 0.414 e. The third-order valence-electron chi connectivity index (χ3n) is 3.75. The monoisotopic (exact) mass is 388 g/mol. The van der Waals surface area contributed by atoms with Gasteiger partial charge in [0.2, 0.25) is 5.95 Å². The molecule has 2 aromatic heterocycles. The third-order valence-corrected chi connectivity index (χ3v) is 3.75. The Balaban J connectivity index is 0.000000353. The molecule has 144 valence electrons. The molecule has 0 spiro atoms. The van der Waals surface area contributed by atoms with Gasteiger partial charge in [-0.1, -0.05) is 48.5 Å². The van der Waals surface area contributed by atoms with Crippen molar-refractivity contribution in [2.45, 2.75) is 0 Å². The summed E-state index contributed by atoms with van der Waals surface area (Å²) in [4.78, 5) is 31.6. The second kappa shape index (κ2) is 9.05. The van der Waals surface area contributed by atoms with Gasteiger partial charge in [-0.05, 0) is 29.8 Å². The molecule has 2 heterocycles. The first-order valence-corrected chi connectivity index (χ1v) is 8.50. The SMILES string of the molecule is C(=Cc1nc2ccccc2n1-c1ncccn1)c1ccccc1.O=C(O)C(=O)O. The normalized spacial score (nSPS) is 10.5. The molecule has 0 unspecified atom stereocenters. The molecule has 0 bridgehead atoms. The van der Waals surface area contributed by atoms with Crippen molar-refractivity contribution in [1.82, 2.24) is 19.5 Å². The third kappa shape index (κ3) is 4.89. The Hall–Kier alpha value is -4.33. The van der Waals surface area contributed by atoms with Gasteiger partial charge < -0.3 is 10.2 Å². The van der Waals surface area contributed by atoms with Crippen molar-refractivity contribution in [1.29, 1.82) is 0 Å². The number of hydrogen-bond donors (Lipinski definition) is 2. The topological polar surface area (TPSA) is 118 Å². The predicted molar refractivity (Wildman–Crippen MR) is 107 cm³/mol. The van der Waals surface area contributed by atoms with E-state index in [1.54, 1.807) is 12.4 Å². The maximum atomic E-state index is 9.10. The standard InChI is InChI=1S/C19H14N4.C2H2O4/c1-2-7-15(8-3-1)11-12-18-22-16-9-4-5-10-17(16)23(18)19-20-13-6-14-21-19;3-1(4)2(5)6/h1-14H;(H,3,4)(H,5,6). The van der Waals surface area contributed by atoms with E-state index >= 15 is 0 Å². The zero-order valence-corrected chi connectivity index (χ0v) is 15.1. The van der Waals surface area contributed by atoms with E-state index in [0.29, 0.717) is 5.95 Å². The first-order valence-electron chi connectivity index (χ1n) is 8.50. The molecule has 0 saturated heterocycles. The van der Waals surface area contributed by atoms with Crippen LogP contribution < -0.4 is 0 Å². The predicted octanol–water partition coefficient (Wildman–Crippen LogP) is 3.14. The summed E-state index contributed by atoms with van der Waals surface area (Å²) in [5.74, 6) is -2.22. The summed E-state index contributed by atoms with van der Waals surface area (Å²) < 4.78 is 1.97. The zero-order chi connectivity index (χ0) is 20.6. The van der Waals surface area contributed by atoms with E-state index in [4.69, 9.17) is 24.8 Å².